The number of hydrogen-bond acceptors (Lipinski definition) is 4. The normalized spacial score (nSPS) is 25.6. The lowest BCUT2D eigenvalue weighted by Crippen LogP contribution is -2.56. The maximum Gasteiger partial charge on any atom is 0.257 e. The van der Waals surface area contributed by atoms with Gasteiger partial charge in [-0.05, 0) is 55.4 Å². The highest BCUT2D eigenvalue weighted by Gasteiger charge is 2.53. The maximum atomic E-state index is 13.8. The Morgan fingerprint density at radius 1 is 1.23 bits per heavy atom. The van der Waals surface area contributed by atoms with Crippen molar-refractivity contribution < 1.29 is 23.1 Å². The van der Waals surface area contributed by atoms with E-state index in [4.69, 9.17) is 4.74 Å². The summed E-state index contributed by atoms with van der Waals surface area (Å²) >= 11 is 0. The molecule has 164 valence electrons. The smallest absolute Gasteiger partial charge is 0.257 e. The van der Waals surface area contributed by atoms with E-state index in [1.54, 1.807) is 18.5 Å². The lowest BCUT2D eigenvalue weighted by Gasteiger charge is -2.43. The molecule has 2 amide bonds. The Labute approximate surface area is 179 Å². The zero-order valence-electron chi connectivity index (χ0n) is 17.3. The van der Waals surface area contributed by atoms with Crippen molar-refractivity contribution >= 4 is 11.8 Å². The van der Waals surface area contributed by atoms with Crippen molar-refractivity contribution in [3.63, 3.8) is 0 Å². The second-order valence-electron chi connectivity index (χ2n) is 8.37. The molecule has 1 unspecified atom stereocenters. The summed E-state index contributed by atoms with van der Waals surface area (Å²) in [6, 6.07) is 5.42. The van der Waals surface area contributed by atoms with E-state index in [9.17, 15) is 18.4 Å². The van der Waals surface area contributed by atoms with Gasteiger partial charge in [0.2, 0.25) is 5.91 Å². The van der Waals surface area contributed by atoms with E-state index in [1.165, 1.54) is 4.90 Å². The molecule has 8 heteroatoms. The lowest BCUT2D eigenvalue weighted by molar-refractivity contribution is -0.128. The maximum absolute atomic E-state index is 13.8. The molecule has 0 bridgehead atoms. The van der Waals surface area contributed by atoms with E-state index in [0.29, 0.717) is 24.8 Å². The molecule has 1 aliphatic heterocycles. The van der Waals surface area contributed by atoms with E-state index in [1.807, 2.05) is 6.07 Å². The summed E-state index contributed by atoms with van der Waals surface area (Å²) in [5.41, 5.74) is -0.255. The third-order valence-electron chi connectivity index (χ3n) is 6.14. The predicted molar refractivity (Wildman–Crippen MR) is 109 cm³/mol. The highest BCUT2D eigenvalue weighted by molar-refractivity contribution is 5.98. The van der Waals surface area contributed by atoms with E-state index < -0.39 is 29.3 Å². The van der Waals surface area contributed by atoms with Gasteiger partial charge >= 0.3 is 0 Å². The second kappa shape index (κ2) is 8.70. The lowest BCUT2D eigenvalue weighted by atomic mass is 9.83. The fourth-order valence-electron chi connectivity index (χ4n) is 4.41. The van der Waals surface area contributed by atoms with Crippen LogP contribution in [-0.4, -0.2) is 40.1 Å². The Kier molecular flexibility index (Phi) is 6.00. The predicted octanol–water partition coefficient (Wildman–Crippen LogP) is 3.42. The average molecular weight is 429 g/mol. The average Bonchev–Trinajstić information content (AvgIpc) is 3.12. The van der Waals surface area contributed by atoms with Crippen molar-refractivity contribution in [3.05, 3.63) is 65.5 Å². The molecule has 1 aromatic carbocycles. The molecule has 2 fully saturated rings. The van der Waals surface area contributed by atoms with Crippen LogP contribution >= 0.6 is 0 Å². The number of rotatable bonds is 4. The number of carbonyl (C=O) groups excluding carboxylic acids is 2. The van der Waals surface area contributed by atoms with Gasteiger partial charge in [0, 0.05) is 30.6 Å². The first-order valence-corrected chi connectivity index (χ1v) is 10.5. The van der Waals surface area contributed by atoms with Crippen molar-refractivity contribution in [3.8, 4) is 0 Å². The number of pyridine rings is 1. The first kappa shape index (κ1) is 21.4. The number of benzene rings is 1. The number of hydrogen-bond donors (Lipinski definition) is 1. The summed E-state index contributed by atoms with van der Waals surface area (Å²) in [5.74, 6) is -2.17. The molecule has 1 aromatic heterocycles. The molecule has 31 heavy (non-hydrogen) atoms. The van der Waals surface area contributed by atoms with Crippen LogP contribution in [0.2, 0.25) is 0 Å². The quantitative estimate of drug-likeness (QED) is 0.809. The third kappa shape index (κ3) is 4.44. The van der Waals surface area contributed by atoms with Crippen LogP contribution in [0.1, 0.15) is 48.5 Å². The molecular formula is C23H25F2N3O3. The van der Waals surface area contributed by atoms with Crippen LogP contribution in [-0.2, 0) is 16.1 Å². The molecule has 1 N–H and O–H groups in total. The van der Waals surface area contributed by atoms with E-state index in [2.05, 4.69) is 17.2 Å². The Hall–Kier alpha value is -2.87. The van der Waals surface area contributed by atoms with Crippen LogP contribution < -0.4 is 5.32 Å². The molecule has 0 radical (unpaired) electrons. The zero-order valence-corrected chi connectivity index (χ0v) is 17.3. The standard InChI is InChI=1S/C23H25F2N3O3/c1-15-4-6-23(7-5-15)28(22(30)17-9-18(24)11-19(25)10-17)20(14-31-23)21(29)27-13-16-3-2-8-26-12-16/h2-3,8-12,15,20H,4-7,13-14H2,1H3,(H,27,29). The zero-order chi connectivity index (χ0) is 22.0. The van der Waals surface area contributed by atoms with Gasteiger partial charge in [-0.1, -0.05) is 13.0 Å². The SMILES string of the molecule is CC1CCC2(CC1)OCC(C(=O)NCc1cccnc1)N2C(=O)c1cc(F)cc(F)c1. The van der Waals surface area contributed by atoms with Gasteiger partial charge in [0.05, 0.1) is 6.61 Å². The monoisotopic (exact) mass is 429 g/mol. The fourth-order valence-corrected chi connectivity index (χ4v) is 4.41. The van der Waals surface area contributed by atoms with Gasteiger partial charge in [-0.2, -0.15) is 0 Å². The summed E-state index contributed by atoms with van der Waals surface area (Å²) in [6.07, 6.45) is 6.11. The van der Waals surface area contributed by atoms with Crippen LogP contribution in [0.25, 0.3) is 0 Å². The van der Waals surface area contributed by atoms with Crippen molar-refractivity contribution in [2.24, 2.45) is 5.92 Å². The summed E-state index contributed by atoms with van der Waals surface area (Å²) in [4.78, 5) is 31.9. The Balaban J connectivity index is 1.60. The van der Waals surface area contributed by atoms with Crippen LogP contribution in [0.5, 0.6) is 0 Å². The van der Waals surface area contributed by atoms with Crippen LogP contribution in [0.4, 0.5) is 8.78 Å². The topological polar surface area (TPSA) is 71.5 Å². The van der Waals surface area contributed by atoms with Gasteiger partial charge in [-0.15, -0.1) is 0 Å². The number of halogens is 2. The van der Waals surface area contributed by atoms with E-state index in [0.717, 1.165) is 30.5 Å². The molecule has 1 saturated carbocycles. The fraction of sp³-hybridized carbons (Fsp3) is 0.435. The highest BCUT2D eigenvalue weighted by atomic mass is 19.1. The summed E-state index contributed by atoms with van der Waals surface area (Å²) < 4.78 is 33.7. The van der Waals surface area contributed by atoms with Crippen LogP contribution in [0.15, 0.2) is 42.7 Å². The molecule has 4 rings (SSSR count). The van der Waals surface area contributed by atoms with Crippen molar-refractivity contribution in [2.45, 2.75) is 50.9 Å². The van der Waals surface area contributed by atoms with Crippen molar-refractivity contribution in [2.75, 3.05) is 6.61 Å². The summed E-state index contributed by atoms with van der Waals surface area (Å²) in [6.45, 7) is 2.43. The Morgan fingerprint density at radius 3 is 2.58 bits per heavy atom. The van der Waals surface area contributed by atoms with Crippen molar-refractivity contribution in [1.29, 1.82) is 0 Å². The van der Waals surface area contributed by atoms with Gasteiger partial charge in [0.1, 0.15) is 23.4 Å². The van der Waals surface area contributed by atoms with Gasteiger partial charge < -0.3 is 10.1 Å². The molecule has 1 atom stereocenters. The molecule has 2 heterocycles. The first-order valence-electron chi connectivity index (χ1n) is 10.5. The molecule has 1 saturated heterocycles. The molecule has 6 nitrogen and oxygen atoms in total. The van der Waals surface area contributed by atoms with Gasteiger partial charge in [-0.3, -0.25) is 19.5 Å². The number of aromatic nitrogens is 1. The van der Waals surface area contributed by atoms with E-state index in [-0.39, 0.29) is 24.6 Å². The number of carbonyl (C=O) groups is 2. The number of amides is 2. The number of nitrogens with zero attached hydrogens (tertiary/aromatic N) is 2. The molecule has 1 aliphatic carbocycles. The van der Waals surface area contributed by atoms with Gasteiger partial charge in [-0.25, -0.2) is 8.78 Å². The second-order valence-corrected chi connectivity index (χ2v) is 8.37. The van der Waals surface area contributed by atoms with Gasteiger partial charge in [0.25, 0.3) is 5.91 Å². The molecule has 1 spiro atoms. The Morgan fingerprint density at radius 2 is 1.94 bits per heavy atom. The third-order valence-corrected chi connectivity index (χ3v) is 6.14. The minimum absolute atomic E-state index is 0.0385. The number of nitrogens with one attached hydrogen (secondary N) is 1. The Bertz CT molecular complexity index is 942. The highest BCUT2D eigenvalue weighted by Crippen LogP contribution is 2.43. The molecular weight excluding hydrogens is 404 g/mol. The number of ether oxygens (including phenoxy) is 1. The van der Waals surface area contributed by atoms with Crippen LogP contribution in [0, 0.1) is 17.6 Å². The van der Waals surface area contributed by atoms with Crippen molar-refractivity contribution in [1.82, 2.24) is 15.2 Å². The first-order chi connectivity index (χ1) is 14.9. The molecule has 2 aromatic rings. The summed E-state index contributed by atoms with van der Waals surface area (Å²) in [5, 5.41) is 2.83. The minimum atomic E-state index is -0.942. The summed E-state index contributed by atoms with van der Waals surface area (Å²) in [7, 11) is 0. The van der Waals surface area contributed by atoms with Crippen LogP contribution in [0.3, 0.4) is 0 Å². The van der Waals surface area contributed by atoms with E-state index >= 15 is 0 Å². The minimum Gasteiger partial charge on any atom is -0.353 e. The largest absolute Gasteiger partial charge is 0.353 e. The van der Waals surface area contributed by atoms with Gasteiger partial charge in [0.15, 0.2) is 0 Å². The molecule has 2 aliphatic rings.